The summed E-state index contributed by atoms with van der Waals surface area (Å²) in [5.74, 6) is -0.109. The van der Waals surface area contributed by atoms with Crippen molar-refractivity contribution in [3.8, 4) is 16.9 Å². The van der Waals surface area contributed by atoms with Crippen LogP contribution in [0.5, 0.6) is 5.75 Å². The average molecular weight is 392 g/mol. The summed E-state index contributed by atoms with van der Waals surface area (Å²) in [5, 5.41) is 0. The maximum atomic E-state index is 12.6. The number of carbonyl (C=O) groups is 1. The zero-order chi connectivity index (χ0) is 19.9. The van der Waals surface area contributed by atoms with Crippen LogP contribution in [0.3, 0.4) is 0 Å². The fourth-order valence-corrected chi connectivity index (χ4v) is 4.02. The number of alkyl halides is 3. The number of ether oxygens (including phenoxy) is 2. The first-order valence-electron chi connectivity index (χ1n) is 8.95. The minimum absolute atomic E-state index is 0.154. The molecular formula is C20H19F3N2O3. The van der Waals surface area contributed by atoms with Gasteiger partial charge < -0.3 is 20.1 Å². The Morgan fingerprint density at radius 2 is 1.93 bits per heavy atom. The van der Waals surface area contributed by atoms with E-state index in [-0.39, 0.29) is 17.7 Å². The third-order valence-corrected chi connectivity index (χ3v) is 5.24. The van der Waals surface area contributed by atoms with E-state index in [2.05, 4.69) is 4.74 Å². The van der Waals surface area contributed by atoms with Crippen LogP contribution in [0.1, 0.15) is 17.2 Å². The number of halogens is 3. The summed E-state index contributed by atoms with van der Waals surface area (Å²) in [5.41, 5.74) is 9.03. The van der Waals surface area contributed by atoms with Crippen LogP contribution >= 0.6 is 0 Å². The van der Waals surface area contributed by atoms with Gasteiger partial charge in [0, 0.05) is 12.5 Å². The lowest BCUT2D eigenvalue weighted by molar-refractivity contribution is -0.274. The minimum Gasteiger partial charge on any atom is -0.406 e. The molecule has 2 aliphatic heterocycles. The third kappa shape index (κ3) is 3.52. The van der Waals surface area contributed by atoms with E-state index < -0.39 is 12.4 Å². The van der Waals surface area contributed by atoms with Crippen LogP contribution in [0.2, 0.25) is 0 Å². The maximum absolute atomic E-state index is 12.6. The Hall–Kier alpha value is -2.74. The van der Waals surface area contributed by atoms with Gasteiger partial charge in [0.15, 0.2) is 0 Å². The molecule has 1 fully saturated rings. The smallest absolute Gasteiger partial charge is 0.406 e. The summed E-state index contributed by atoms with van der Waals surface area (Å²) in [7, 11) is 0. The number of carbonyl (C=O) groups excluding carboxylic acids is 1. The Labute approximate surface area is 159 Å². The van der Waals surface area contributed by atoms with Crippen molar-refractivity contribution in [3.63, 3.8) is 0 Å². The van der Waals surface area contributed by atoms with Gasteiger partial charge in [0.25, 0.3) is 0 Å². The highest BCUT2D eigenvalue weighted by Gasteiger charge is 2.39. The molecule has 8 heteroatoms. The average Bonchev–Trinajstić information content (AvgIpc) is 2.58. The van der Waals surface area contributed by atoms with Gasteiger partial charge in [0.2, 0.25) is 0 Å². The van der Waals surface area contributed by atoms with E-state index in [1.54, 1.807) is 11.0 Å². The monoisotopic (exact) mass is 392 g/mol. The number of hydrogen-bond donors (Lipinski definition) is 1. The standard InChI is InChI=1S/C20H19F3N2O3/c21-20(22,23)28-14-4-1-3-12(9-14)15-5-2-6-17-16(15)7-8-25(19(24)26)18(17)13-10-27-11-13/h1-6,9,13,18H,7-8,10-11H2,(H2,24,26). The number of urea groups is 1. The van der Waals surface area contributed by atoms with Crippen molar-refractivity contribution in [3.05, 3.63) is 53.6 Å². The fourth-order valence-electron chi connectivity index (χ4n) is 4.02. The van der Waals surface area contributed by atoms with Gasteiger partial charge in [-0.2, -0.15) is 0 Å². The summed E-state index contributed by atoms with van der Waals surface area (Å²) in [6, 6.07) is 10.9. The second-order valence-corrected chi connectivity index (χ2v) is 6.97. The van der Waals surface area contributed by atoms with Crippen molar-refractivity contribution in [2.24, 2.45) is 11.7 Å². The normalized spacial score (nSPS) is 19.7. The highest BCUT2D eigenvalue weighted by molar-refractivity contribution is 5.75. The lowest BCUT2D eigenvalue weighted by Crippen LogP contribution is -2.50. The van der Waals surface area contributed by atoms with Crippen LogP contribution < -0.4 is 10.5 Å². The molecule has 2 aliphatic rings. The van der Waals surface area contributed by atoms with Gasteiger partial charge >= 0.3 is 12.4 Å². The van der Waals surface area contributed by atoms with Crippen molar-refractivity contribution in [1.82, 2.24) is 4.90 Å². The zero-order valence-electron chi connectivity index (χ0n) is 14.9. The molecule has 0 saturated carbocycles. The van der Waals surface area contributed by atoms with Crippen LogP contribution in [0.4, 0.5) is 18.0 Å². The number of fused-ring (bicyclic) bond motifs is 1. The van der Waals surface area contributed by atoms with Crippen LogP contribution in [0.25, 0.3) is 11.1 Å². The predicted octanol–water partition coefficient (Wildman–Crippen LogP) is 3.88. The number of nitrogens with zero attached hydrogens (tertiary/aromatic N) is 1. The number of nitrogens with two attached hydrogens (primary N) is 1. The van der Waals surface area contributed by atoms with Gasteiger partial charge in [-0.25, -0.2) is 4.79 Å². The highest BCUT2D eigenvalue weighted by Crippen LogP contribution is 2.42. The molecule has 2 N–H and O–H groups in total. The zero-order valence-corrected chi connectivity index (χ0v) is 14.9. The summed E-state index contributed by atoms with van der Waals surface area (Å²) in [6.45, 7) is 1.55. The van der Waals surface area contributed by atoms with Crippen LogP contribution in [0, 0.1) is 5.92 Å². The van der Waals surface area contributed by atoms with Crippen LogP contribution in [-0.2, 0) is 11.2 Å². The largest absolute Gasteiger partial charge is 0.573 e. The molecule has 148 valence electrons. The van der Waals surface area contributed by atoms with E-state index in [0.29, 0.717) is 31.7 Å². The molecular weight excluding hydrogens is 373 g/mol. The molecule has 2 aromatic rings. The second-order valence-electron chi connectivity index (χ2n) is 6.97. The molecule has 0 bridgehead atoms. The Balaban J connectivity index is 1.75. The molecule has 2 amide bonds. The highest BCUT2D eigenvalue weighted by atomic mass is 19.4. The molecule has 1 unspecified atom stereocenters. The fraction of sp³-hybridized carbons (Fsp3) is 0.350. The number of hydrogen-bond acceptors (Lipinski definition) is 3. The van der Waals surface area contributed by atoms with E-state index in [1.165, 1.54) is 18.2 Å². The van der Waals surface area contributed by atoms with E-state index in [0.717, 1.165) is 16.7 Å². The quantitative estimate of drug-likeness (QED) is 0.862. The van der Waals surface area contributed by atoms with Gasteiger partial charge in [-0.05, 0) is 40.8 Å². The number of benzene rings is 2. The van der Waals surface area contributed by atoms with E-state index in [9.17, 15) is 18.0 Å². The van der Waals surface area contributed by atoms with Crippen molar-refractivity contribution >= 4 is 6.03 Å². The van der Waals surface area contributed by atoms with Gasteiger partial charge in [-0.1, -0.05) is 30.3 Å². The molecule has 0 spiro atoms. The first kappa shape index (κ1) is 18.6. The first-order valence-corrected chi connectivity index (χ1v) is 8.95. The molecule has 2 aromatic carbocycles. The van der Waals surface area contributed by atoms with Crippen molar-refractivity contribution in [1.29, 1.82) is 0 Å². The molecule has 0 aromatic heterocycles. The Bertz CT molecular complexity index is 897. The van der Waals surface area contributed by atoms with Gasteiger partial charge in [0.1, 0.15) is 5.75 Å². The summed E-state index contributed by atoms with van der Waals surface area (Å²) >= 11 is 0. The molecule has 4 rings (SSSR count). The van der Waals surface area contributed by atoms with Crippen LogP contribution in [-0.4, -0.2) is 37.1 Å². The molecule has 1 atom stereocenters. The van der Waals surface area contributed by atoms with Crippen molar-refractivity contribution in [2.75, 3.05) is 19.8 Å². The second kappa shape index (κ2) is 7.01. The molecule has 0 radical (unpaired) electrons. The number of rotatable bonds is 3. The third-order valence-electron chi connectivity index (χ3n) is 5.24. The van der Waals surface area contributed by atoms with E-state index >= 15 is 0 Å². The Morgan fingerprint density at radius 1 is 1.18 bits per heavy atom. The SMILES string of the molecule is NC(=O)N1CCc2c(-c3cccc(OC(F)(F)F)c3)cccc2C1C1COC1. The lowest BCUT2D eigenvalue weighted by atomic mass is 9.81. The van der Waals surface area contributed by atoms with Gasteiger partial charge in [0.05, 0.1) is 19.3 Å². The van der Waals surface area contributed by atoms with Crippen molar-refractivity contribution in [2.45, 2.75) is 18.8 Å². The topological polar surface area (TPSA) is 64.8 Å². The summed E-state index contributed by atoms with van der Waals surface area (Å²) < 4.78 is 47.1. The Morgan fingerprint density at radius 3 is 2.57 bits per heavy atom. The summed E-state index contributed by atoms with van der Waals surface area (Å²) in [6.07, 6.45) is -4.17. The molecule has 2 heterocycles. The summed E-state index contributed by atoms with van der Waals surface area (Å²) in [4.78, 5) is 13.6. The number of amides is 2. The minimum atomic E-state index is -4.74. The van der Waals surface area contributed by atoms with Gasteiger partial charge in [-0.15, -0.1) is 13.2 Å². The van der Waals surface area contributed by atoms with Crippen LogP contribution in [0.15, 0.2) is 42.5 Å². The predicted molar refractivity (Wildman–Crippen MR) is 95.6 cm³/mol. The number of primary amides is 1. The van der Waals surface area contributed by atoms with Gasteiger partial charge in [-0.3, -0.25) is 0 Å². The molecule has 0 aliphatic carbocycles. The lowest BCUT2D eigenvalue weighted by Gasteiger charge is -2.44. The van der Waals surface area contributed by atoms with Crippen molar-refractivity contribution < 1.29 is 27.4 Å². The molecule has 5 nitrogen and oxygen atoms in total. The first-order chi connectivity index (χ1) is 13.3. The Kier molecular flexibility index (Phi) is 4.66. The molecule has 28 heavy (non-hydrogen) atoms. The van der Waals surface area contributed by atoms with E-state index in [1.807, 2.05) is 18.2 Å². The van der Waals surface area contributed by atoms with E-state index in [4.69, 9.17) is 10.5 Å². The maximum Gasteiger partial charge on any atom is 0.573 e. The molecule has 1 saturated heterocycles.